The number of nitrogens with one attached hydrogen (secondary N) is 2. The van der Waals surface area contributed by atoms with Crippen LogP contribution in [0.2, 0.25) is 0 Å². The van der Waals surface area contributed by atoms with E-state index in [0.29, 0.717) is 12.3 Å². The van der Waals surface area contributed by atoms with Crippen molar-refractivity contribution >= 4 is 18.3 Å². The number of rotatable bonds is 5. The summed E-state index contributed by atoms with van der Waals surface area (Å²) in [5.74, 6) is -0.885. The lowest BCUT2D eigenvalue weighted by atomic mass is 10.0. The monoisotopic (exact) mass is 318 g/mol. The molecule has 21 heavy (non-hydrogen) atoms. The average molecular weight is 319 g/mol. The second kappa shape index (κ2) is 8.29. The minimum absolute atomic E-state index is 0. The van der Waals surface area contributed by atoms with Gasteiger partial charge in [0.05, 0.1) is 6.04 Å². The fourth-order valence-electron chi connectivity index (χ4n) is 2.61. The highest BCUT2D eigenvalue weighted by atomic mass is 35.5. The predicted molar refractivity (Wildman–Crippen MR) is 80.4 cm³/mol. The van der Waals surface area contributed by atoms with E-state index in [0.717, 1.165) is 25.9 Å². The van der Waals surface area contributed by atoms with Gasteiger partial charge in [-0.3, -0.25) is 4.79 Å². The molecule has 1 aliphatic rings. The Kier molecular flexibility index (Phi) is 7.05. The Morgan fingerprint density at radius 1 is 1.43 bits per heavy atom. The molecule has 2 atom stereocenters. The van der Waals surface area contributed by atoms with E-state index in [1.54, 1.807) is 6.92 Å². The second-order valence-electron chi connectivity index (χ2n) is 5.32. The maximum atomic E-state index is 13.6. The van der Waals surface area contributed by atoms with Gasteiger partial charge < -0.3 is 10.6 Å². The summed E-state index contributed by atoms with van der Waals surface area (Å²) in [6.07, 6.45) is 2.29. The van der Waals surface area contributed by atoms with Crippen LogP contribution in [0.4, 0.5) is 8.78 Å². The van der Waals surface area contributed by atoms with Crippen molar-refractivity contribution in [2.45, 2.75) is 32.2 Å². The number of carbonyl (C=O) groups excluding carboxylic acids is 1. The minimum Gasteiger partial charge on any atom is -0.349 e. The van der Waals surface area contributed by atoms with Gasteiger partial charge in [-0.25, -0.2) is 8.78 Å². The molecule has 2 rings (SSSR count). The Morgan fingerprint density at radius 2 is 2.10 bits per heavy atom. The third-order valence-corrected chi connectivity index (χ3v) is 3.75. The quantitative estimate of drug-likeness (QED) is 0.876. The van der Waals surface area contributed by atoms with Crippen LogP contribution in [-0.2, 0) is 4.79 Å². The van der Waals surface area contributed by atoms with Gasteiger partial charge in [0.15, 0.2) is 0 Å². The van der Waals surface area contributed by atoms with Gasteiger partial charge in [0.2, 0.25) is 5.91 Å². The molecule has 0 spiro atoms. The van der Waals surface area contributed by atoms with Gasteiger partial charge >= 0.3 is 0 Å². The van der Waals surface area contributed by atoms with Crippen LogP contribution in [0.15, 0.2) is 18.2 Å². The molecule has 2 N–H and O–H groups in total. The molecular weight excluding hydrogens is 298 g/mol. The lowest BCUT2D eigenvalue weighted by Gasteiger charge is -2.16. The molecule has 1 aromatic carbocycles. The maximum Gasteiger partial charge on any atom is 0.220 e. The molecule has 1 saturated heterocycles. The first-order chi connectivity index (χ1) is 9.58. The molecule has 0 bridgehead atoms. The smallest absolute Gasteiger partial charge is 0.220 e. The molecule has 1 fully saturated rings. The summed E-state index contributed by atoms with van der Waals surface area (Å²) in [7, 11) is 0. The van der Waals surface area contributed by atoms with Crippen LogP contribution in [0.25, 0.3) is 0 Å². The number of carbonyl (C=O) groups is 1. The number of halogens is 3. The molecule has 1 aromatic rings. The molecule has 0 saturated carbocycles. The third-order valence-electron chi connectivity index (χ3n) is 3.75. The van der Waals surface area contributed by atoms with Crippen molar-refractivity contribution in [1.82, 2.24) is 10.6 Å². The summed E-state index contributed by atoms with van der Waals surface area (Å²) in [6, 6.07) is 3.05. The molecular formula is C15H21ClF2N2O. The fraction of sp³-hybridized carbons (Fsp3) is 0.533. The number of benzene rings is 1. The van der Waals surface area contributed by atoms with Crippen LogP contribution >= 0.6 is 12.4 Å². The normalized spacial score (nSPS) is 18.9. The number of amides is 1. The number of hydrogen-bond acceptors (Lipinski definition) is 2. The SMILES string of the molecule is CC(NC(=O)CCC1CCNC1)c1c(F)cccc1F.Cl. The zero-order valence-electron chi connectivity index (χ0n) is 12.0. The minimum atomic E-state index is -0.662. The summed E-state index contributed by atoms with van der Waals surface area (Å²) in [6.45, 7) is 3.55. The topological polar surface area (TPSA) is 41.1 Å². The van der Waals surface area contributed by atoms with Crippen molar-refractivity contribution in [3.05, 3.63) is 35.4 Å². The first kappa shape index (κ1) is 17.9. The third kappa shape index (κ3) is 4.93. The zero-order valence-corrected chi connectivity index (χ0v) is 12.8. The van der Waals surface area contributed by atoms with Crippen LogP contribution in [0, 0.1) is 17.6 Å². The van der Waals surface area contributed by atoms with Crippen molar-refractivity contribution in [3.8, 4) is 0 Å². The van der Waals surface area contributed by atoms with Gasteiger partial charge in [-0.2, -0.15) is 0 Å². The molecule has 1 heterocycles. The van der Waals surface area contributed by atoms with E-state index in [4.69, 9.17) is 0 Å². The Bertz CT molecular complexity index is 458. The van der Waals surface area contributed by atoms with E-state index in [1.165, 1.54) is 18.2 Å². The lowest BCUT2D eigenvalue weighted by Crippen LogP contribution is -2.28. The molecule has 1 aliphatic heterocycles. The van der Waals surface area contributed by atoms with E-state index in [-0.39, 0.29) is 23.9 Å². The van der Waals surface area contributed by atoms with Crippen LogP contribution in [0.1, 0.15) is 37.8 Å². The summed E-state index contributed by atoms with van der Waals surface area (Å²) in [5.41, 5.74) is -0.0802. The van der Waals surface area contributed by atoms with Crippen LogP contribution < -0.4 is 10.6 Å². The number of hydrogen-bond donors (Lipinski definition) is 2. The van der Waals surface area contributed by atoms with E-state index in [9.17, 15) is 13.6 Å². The van der Waals surface area contributed by atoms with Gasteiger partial charge in [0, 0.05) is 12.0 Å². The first-order valence-corrected chi connectivity index (χ1v) is 7.02. The van der Waals surface area contributed by atoms with Gasteiger partial charge in [0.1, 0.15) is 11.6 Å². The Hall–Kier alpha value is -1.20. The predicted octanol–water partition coefficient (Wildman–Crippen LogP) is 2.95. The molecule has 0 aliphatic carbocycles. The van der Waals surface area contributed by atoms with Crippen molar-refractivity contribution in [2.75, 3.05) is 13.1 Å². The van der Waals surface area contributed by atoms with Crippen molar-refractivity contribution in [2.24, 2.45) is 5.92 Å². The highest BCUT2D eigenvalue weighted by Crippen LogP contribution is 2.21. The maximum absolute atomic E-state index is 13.6. The van der Waals surface area contributed by atoms with E-state index in [1.807, 2.05) is 0 Å². The van der Waals surface area contributed by atoms with E-state index in [2.05, 4.69) is 10.6 Å². The molecule has 1 amide bonds. The molecule has 118 valence electrons. The Labute approximate surface area is 129 Å². The molecule has 6 heteroatoms. The molecule has 3 nitrogen and oxygen atoms in total. The Morgan fingerprint density at radius 3 is 2.67 bits per heavy atom. The van der Waals surface area contributed by atoms with Crippen LogP contribution in [-0.4, -0.2) is 19.0 Å². The van der Waals surface area contributed by atoms with Gasteiger partial charge in [-0.15, -0.1) is 12.4 Å². The zero-order chi connectivity index (χ0) is 14.5. The van der Waals surface area contributed by atoms with Crippen molar-refractivity contribution in [1.29, 1.82) is 0 Å². The van der Waals surface area contributed by atoms with E-state index < -0.39 is 17.7 Å². The Balaban J connectivity index is 0.00000220. The van der Waals surface area contributed by atoms with Crippen LogP contribution in [0.3, 0.4) is 0 Å². The second-order valence-corrected chi connectivity index (χ2v) is 5.32. The fourth-order valence-corrected chi connectivity index (χ4v) is 2.61. The summed E-state index contributed by atoms with van der Waals surface area (Å²) >= 11 is 0. The van der Waals surface area contributed by atoms with Crippen molar-refractivity contribution in [3.63, 3.8) is 0 Å². The average Bonchev–Trinajstić information content (AvgIpc) is 2.89. The molecule has 2 unspecified atom stereocenters. The lowest BCUT2D eigenvalue weighted by molar-refractivity contribution is -0.122. The van der Waals surface area contributed by atoms with Gasteiger partial charge in [-0.05, 0) is 50.9 Å². The highest BCUT2D eigenvalue weighted by molar-refractivity contribution is 5.85. The molecule has 0 aromatic heterocycles. The summed E-state index contributed by atoms with van der Waals surface area (Å²) in [4.78, 5) is 11.8. The summed E-state index contributed by atoms with van der Waals surface area (Å²) < 4.78 is 27.2. The highest BCUT2D eigenvalue weighted by Gasteiger charge is 2.19. The van der Waals surface area contributed by atoms with Gasteiger partial charge in [0.25, 0.3) is 0 Å². The molecule has 0 radical (unpaired) electrons. The van der Waals surface area contributed by atoms with E-state index >= 15 is 0 Å². The first-order valence-electron chi connectivity index (χ1n) is 7.02. The van der Waals surface area contributed by atoms with Crippen molar-refractivity contribution < 1.29 is 13.6 Å². The standard InChI is InChI=1S/C15H20F2N2O.ClH/c1-10(15-12(16)3-2-4-13(15)17)19-14(20)6-5-11-7-8-18-9-11;/h2-4,10-11,18H,5-9H2,1H3,(H,19,20);1H. The largest absolute Gasteiger partial charge is 0.349 e. The van der Waals surface area contributed by atoms with Crippen LogP contribution in [0.5, 0.6) is 0 Å². The van der Waals surface area contributed by atoms with Gasteiger partial charge in [-0.1, -0.05) is 6.07 Å². The summed E-state index contributed by atoms with van der Waals surface area (Å²) in [5, 5.41) is 5.91.